The molecule has 0 spiro atoms. The van der Waals surface area contributed by atoms with E-state index in [1.807, 2.05) is 59.3 Å². The van der Waals surface area contributed by atoms with Crippen LogP contribution in [0.3, 0.4) is 0 Å². The smallest absolute Gasteiger partial charge is 0.331 e. The highest BCUT2D eigenvalue weighted by molar-refractivity contribution is 6.31. The van der Waals surface area contributed by atoms with Crippen molar-refractivity contribution >= 4 is 34.8 Å². The highest BCUT2D eigenvalue weighted by atomic mass is 16.5. The largest absolute Gasteiger partial charge is 0.493 e. The lowest BCUT2D eigenvalue weighted by Crippen LogP contribution is -2.53. The fourth-order valence-corrected chi connectivity index (χ4v) is 3.70. The van der Waals surface area contributed by atoms with Crippen molar-refractivity contribution in [1.82, 2.24) is 14.8 Å². The topological polar surface area (TPSA) is 89.9 Å². The number of hydrogen-bond donors (Lipinski definition) is 1. The Bertz CT molecular complexity index is 1230. The molecule has 32 heavy (non-hydrogen) atoms. The Kier molecular flexibility index (Phi) is 5.93. The summed E-state index contributed by atoms with van der Waals surface area (Å²) in [5, 5.41) is 3.11. The molecule has 0 atom stereocenters. The zero-order chi connectivity index (χ0) is 22.7. The molecular weight excluding hydrogens is 410 g/mol. The standard InChI is InChI=1S/C24H23N3O5/c1-3-27-23(29)18(22(28)25-24(27)30)14-16-15-26(19-9-5-4-8-17(16)19)12-13-32-21-11-7-6-10-20(21)31-2/h4-11,14-15H,3,12-13H2,1-2H3,(H,25,28,30)/b18-14-. The molecule has 1 fully saturated rings. The number of fused-ring (bicyclic) bond motifs is 1. The second-order valence-corrected chi connectivity index (χ2v) is 7.16. The van der Waals surface area contributed by atoms with Crippen molar-refractivity contribution in [2.24, 2.45) is 0 Å². The van der Waals surface area contributed by atoms with Crippen LogP contribution in [-0.2, 0) is 16.1 Å². The molecule has 0 aliphatic carbocycles. The number of methoxy groups -OCH3 is 1. The monoisotopic (exact) mass is 433 g/mol. The molecule has 8 heteroatoms. The Labute approximate surface area is 185 Å². The maximum atomic E-state index is 12.7. The molecule has 0 saturated carbocycles. The van der Waals surface area contributed by atoms with E-state index in [9.17, 15) is 14.4 Å². The number of urea groups is 1. The van der Waals surface area contributed by atoms with Crippen LogP contribution in [0.15, 0.2) is 60.3 Å². The molecule has 3 aromatic rings. The minimum Gasteiger partial charge on any atom is -0.493 e. The summed E-state index contributed by atoms with van der Waals surface area (Å²) in [4.78, 5) is 37.8. The number of barbiturate groups is 1. The first-order chi connectivity index (χ1) is 15.5. The van der Waals surface area contributed by atoms with Gasteiger partial charge in [-0.05, 0) is 31.2 Å². The van der Waals surface area contributed by atoms with Gasteiger partial charge in [0.25, 0.3) is 11.8 Å². The molecule has 1 N–H and O–H groups in total. The van der Waals surface area contributed by atoms with Crippen LogP contribution < -0.4 is 14.8 Å². The van der Waals surface area contributed by atoms with Crippen LogP contribution in [0.4, 0.5) is 4.79 Å². The van der Waals surface area contributed by atoms with E-state index in [2.05, 4.69) is 5.32 Å². The van der Waals surface area contributed by atoms with Gasteiger partial charge < -0.3 is 14.0 Å². The molecule has 1 saturated heterocycles. The van der Waals surface area contributed by atoms with E-state index < -0.39 is 17.8 Å². The fraction of sp³-hybridized carbons (Fsp3) is 0.208. The molecule has 4 amide bonds. The van der Waals surface area contributed by atoms with Gasteiger partial charge in [0.15, 0.2) is 11.5 Å². The average molecular weight is 433 g/mol. The summed E-state index contributed by atoms with van der Waals surface area (Å²) in [7, 11) is 1.59. The van der Waals surface area contributed by atoms with E-state index in [0.717, 1.165) is 15.8 Å². The third kappa shape index (κ3) is 3.94. The first kappa shape index (κ1) is 21.2. The zero-order valence-corrected chi connectivity index (χ0v) is 17.8. The number of carbonyl (C=O) groups excluding carboxylic acids is 3. The minimum absolute atomic E-state index is 0.0698. The summed E-state index contributed by atoms with van der Waals surface area (Å²) in [5.41, 5.74) is 1.58. The number of benzene rings is 2. The maximum absolute atomic E-state index is 12.7. The number of para-hydroxylation sites is 3. The molecule has 2 aromatic carbocycles. The molecule has 8 nitrogen and oxygen atoms in total. The number of amides is 4. The second kappa shape index (κ2) is 8.97. The van der Waals surface area contributed by atoms with Crippen molar-refractivity contribution in [1.29, 1.82) is 0 Å². The molecule has 2 heterocycles. The SMILES string of the molecule is CCN1C(=O)NC(=O)/C(=C/c2cn(CCOc3ccccc3OC)c3ccccc23)C1=O. The molecule has 1 aliphatic rings. The number of hydrogen-bond acceptors (Lipinski definition) is 5. The van der Waals surface area contributed by atoms with Gasteiger partial charge in [0.2, 0.25) is 0 Å². The Morgan fingerprint density at radius 2 is 1.72 bits per heavy atom. The van der Waals surface area contributed by atoms with Crippen LogP contribution >= 0.6 is 0 Å². The van der Waals surface area contributed by atoms with Crippen LogP contribution in [0.1, 0.15) is 12.5 Å². The third-order valence-corrected chi connectivity index (χ3v) is 5.28. The normalized spacial score (nSPS) is 15.4. The van der Waals surface area contributed by atoms with Crippen LogP contribution in [0, 0.1) is 0 Å². The van der Waals surface area contributed by atoms with E-state index in [1.54, 1.807) is 14.0 Å². The quantitative estimate of drug-likeness (QED) is 0.457. The lowest BCUT2D eigenvalue weighted by atomic mass is 10.1. The Balaban J connectivity index is 1.62. The number of aromatic nitrogens is 1. The lowest BCUT2D eigenvalue weighted by molar-refractivity contribution is -0.129. The van der Waals surface area contributed by atoms with Crippen molar-refractivity contribution in [3.63, 3.8) is 0 Å². The van der Waals surface area contributed by atoms with E-state index >= 15 is 0 Å². The van der Waals surface area contributed by atoms with E-state index in [-0.39, 0.29) is 12.1 Å². The van der Waals surface area contributed by atoms with Crippen molar-refractivity contribution < 1.29 is 23.9 Å². The molecule has 1 aliphatic heterocycles. The van der Waals surface area contributed by atoms with Crippen molar-refractivity contribution in [2.45, 2.75) is 13.5 Å². The molecule has 0 bridgehead atoms. The van der Waals surface area contributed by atoms with Gasteiger partial charge in [0.1, 0.15) is 12.2 Å². The number of imide groups is 2. The predicted molar refractivity (Wildman–Crippen MR) is 119 cm³/mol. The molecule has 164 valence electrons. The summed E-state index contributed by atoms with van der Waals surface area (Å²) < 4.78 is 13.2. The van der Waals surface area contributed by atoms with Crippen molar-refractivity contribution in [3.05, 3.63) is 65.9 Å². The van der Waals surface area contributed by atoms with Crippen molar-refractivity contribution in [2.75, 3.05) is 20.3 Å². The van der Waals surface area contributed by atoms with Crippen LogP contribution in [0.2, 0.25) is 0 Å². The third-order valence-electron chi connectivity index (χ3n) is 5.28. The highest BCUT2D eigenvalue weighted by Gasteiger charge is 2.34. The maximum Gasteiger partial charge on any atom is 0.331 e. The van der Waals surface area contributed by atoms with E-state index in [1.165, 1.54) is 6.08 Å². The van der Waals surface area contributed by atoms with Gasteiger partial charge in [-0.25, -0.2) is 4.79 Å². The molecule has 4 rings (SSSR count). The summed E-state index contributed by atoms with van der Waals surface area (Å²) in [6.07, 6.45) is 3.41. The first-order valence-corrected chi connectivity index (χ1v) is 10.3. The van der Waals surface area contributed by atoms with Gasteiger partial charge >= 0.3 is 6.03 Å². The zero-order valence-electron chi connectivity index (χ0n) is 17.8. The van der Waals surface area contributed by atoms with Gasteiger partial charge in [-0.1, -0.05) is 30.3 Å². The van der Waals surface area contributed by atoms with Gasteiger partial charge in [-0.2, -0.15) is 0 Å². The molecule has 1 aromatic heterocycles. The van der Waals surface area contributed by atoms with Crippen LogP contribution in [0.25, 0.3) is 17.0 Å². The van der Waals surface area contributed by atoms with Crippen LogP contribution in [0.5, 0.6) is 11.5 Å². The van der Waals surface area contributed by atoms with Gasteiger partial charge in [0.05, 0.1) is 13.7 Å². The Morgan fingerprint density at radius 1 is 1.00 bits per heavy atom. The molecular formula is C24H23N3O5. The summed E-state index contributed by atoms with van der Waals surface area (Å²) >= 11 is 0. The van der Waals surface area contributed by atoms with Gasteiger partial charge in [-0.15, -0.1) is 0 Å². The summed E-state index contributed by atoms with van der Waals surface area (Å²) in [5.74, 6) is 0.0216. The number of nitrogens with one attached hydrogen (secondary N) is 1. The Hall–Kier alpha value is -4.07. The number of rotatable bonds is 7. The van der Waals surface area contributed by atoms with Gasteiger partial charge in [0, 0.05) is 29.2 Å². The average Bonchev–Trinajstić information content (AvgIpc) is 3.14. The fourth-order valence-electron chi connectivity index (χ4n) is 3.70. The molecule has 0 radical (unpaired) electrons. The predicted octanol–water partition coefficient (Wildman–Crippen LogP) is 3.21. The van der Waals surface area contributed by atoms with E-state index in [0.29, 0.717) is 30.2 Å². The van der Waals surface area contributed by atoms with E-state index in [4.69, 9.17) is 9.47 Å². The number of likely N-dealkylation sites (N-methyl/N-ethyl adjacent to an activating group) is 1. The number of nitrogens with zero attached hydrogens (tertiary/aromatic N) is 2. The highest BCUT2D eigenvalue weighted by Crippen LogP contribution is 2.27. The lowest BCUT2D eigenvalue weighted by Gasteiger charge is -2.24. The Morgan fingerprint density at radius 3 is 2.47 bits per heavy atom. The number of ether oxygens (including phenoxy) is 2. The van der Waals surface area contributed by atoms with Crippen LogP contribution in [-0.4, -0.2) is 47.6 Å². The summed E-state index contributed by atoms with van der Waals surface area (Å²) in [6.45, 7) is 2.80. The van der Waals surface area contributed by atoms with Gasteiger partial charge in [-0.3, -0.25) is 19.8 Å². The summed E-state index contributed by atoms with van der Waals surface area (Å²) in [6, 6.07) is 14.4. The molecule has 0 unspecified atom stereocenters. The first-order valence-electron chi connectivity index (χ1n) is 10.3. The minimum atomic E-state index is -0.699. The number of carbonyl (C=O) groups is 3. The van der Waals surface area contributed by atoms with Crippen molar-refractivity contribution in [3.8, 4) is 11.5 Å². The second-order valence-electron chi connectivity index (χ2n) is 7.16.